The summed E-state index contributed by atoms with van der Waals surface area (Å²) < 4.78 is 36.4. The highest BCUT2D eigenvalue weighted by Crippen LogP contribution is 2.16. The number of nitrogens with one attached hydrogen (secondary N) is 1. The molecule has 0 saturated heterocycles. The number of aromatic nitrogens is 2. The van der Waals surface area contributed by atoms with Gasteiger partial charge in [-0.3, -0.25) is 9.88 Å². The van der Waals surface area contributed by atoms with Gasteiger partial charge in [0.25, 0.3) is 0 Å². The molecule has 0 spiro atoms. The monoisotopic (exact) mass is 262 g/mol. The normalized spacial score (nSPS) is 11.9. The first-order chi connectivity index (χ1) is 8.40. The van der Waals surface area contributed by atoms with Crippen molar-refractivity contribution in [1.82, 2.24) is 14.9 Å². The molecule has 0 aliphatic heterocycles. The molecule has 1 heterocycles. The zero-order chi connectivity index (χ0) is 13.6. The number of rotatable bonds is 6. The average Bonchev–Trinajstić information content (AvgIpc) is 2.25. The van der Waals surface area contributed by atoms with Gasteiger partial charge in [0.15, 0.2) is 0 Å². The molecule has 0 saturated carbocycles. The lowest BCUT2D eigenvalue weighted by Crippen LogP contribution is -2.30. The first kappa shape index (κ1) is 14.7. The molecule has 0 aliphatic rings. The topological polar surface area (TPSA) is 41.1 Å². The SMILES string of the molecule is CCCNc1cnc(CN(C)CC(F)(F)F)cn1. The number of hydrogen-bond acceptors (Lipinski definition) is 4. The van der Waals surface area contributed by atoms with Crippen LogP contribution in [-0.4, -0.2) is 41.2 Å². The van der Waals surface area contributed by atoms with E-state index in [1.807, 2.05) is 6.92 Å². The average molecular weight is 262 g/mol. The molecule has 0 bridgehead atoms. The molecule has 0 unspecified atom stereocenters. The van der Waals surface area contributed by atoms with E-state index < -0.39 is 12.7 Å². The van der Waals surface area contributed by atoms with Crippen LogP contribution in [0.2, 0.25) is 0 Å². The van der Waals surface area contributed by atoms with Gasteiger partial charge in [-0.2, -0.15) is 13.2 Å². The van der Waals surface area contributed by atoms with Crippen LogP contribution in [0.1, 0.15) is 19.0 Å². The molecule has 0 aromatic carbocycles. The Bertz CT molecular complexity index is 350. The van der Waals surface area contributed by atoms with Gasteiger partial charge in [-0.15, -0.1) is 0 Å². The van der Waals surface area contributed by atoms with E-state index in [1.54, 1.807) is 0 Å². The van der Waals surface area contributed by atoms with Crippen molar-refractivity contribution in [2.75, 3.05) is 25.5 Å². The summed E-state index contributed by atoms with van der Waals surface area (Å²) in [5.74, 6) is 0.638. The van der Waals surface area contributed by atoms with E-state index >= 15 is 0 Å². The number of alkyl halides is 3. The zero-order valence-electron chi connectivity index (χ0n) is 10.5. The quantitative estimate of drug-likeness (QED) is 0.854. The molecule has 1 aromatic heterocycles. The first-order valence-corrected chi connectivity index (χ1v) is 5.71. The van der Waals surface area contributed by atoms with E-state index in [9.17, 15) is 13.2 Å². The Hall–Kier alpha value is -1.37. The van der Waals surface area contributed by atoms with Crippen molar-refractivity contribution in [3.63, 3.8) is 0 Å². The largest absolute Gasteiger partial charge is 0.401 e. The summed E-state index contributed by atoms with van der Waals surface area (Å²) in [7, 11) is 1.40. The van der Waals surface area contributed by atoms with Crippen LogP contribution in [0.4, 0.5) is 19.0 Å². The van der Waals surface area contributed by atoms with Crippen molar-refractivity contribution in [1.29, 1.82) is 0 Å². The lowest BCUT2D eigenvalue weighted by atomic mass is 10.4. The maximum absolute atomic E-state index is 12.1. The third kappa shape index (κ3) is 5.81. The van der Waals surface area contributed by atoms with Gasteiger partial charge in [-0.25, -0.2) is 4.98 Å². The Kier molecular flexibility index (Phi) is 5.33. The molecule has 0 radical (unpaired) electrons. The summed E-state index contributed by atoms with van der Waals surface area (Å²) in [6.45, 7) is 1.99. The van der Waals surface area contributed by atoms with Gasteiger partial charge in [-0.1, -0.05) is 6.92 Å². The molecule has 0 atom stereocenters. The van der Waals surface area contributed by atoms with Crippen LogP contribution in [0.5, 0.6) is 0 Å². The molecule has 1 N–H and O–H groups in total. The van der Waals surface area contributed by atoms with Crippen molar-refractivity contribution in [3.8, 4) is 0 Å². The van der Waals surface area contributed by atoms with E-state index in [1.165, 1.54) is 19.4 Å². The second kappa shape index (κ2) is 6.53. The second-order valence-electron chi connectivity index (χ2n) is 4.11. The molecule has 0 aliphatic carbocycles. The Morgan fingerprint density at radius 3 is 2.50 bits per heavy atom. The van der Waals surface area contributed by atoms with Gasteiger partial charge in [0.2, 0.25) is 0 Å². The minimum absolute atomic E-state index is 0.126. The number of hydrogen-bond donors (Lipinski definition) is 1. The molecule has 0 amide bonds. The Morgan fingerprint density at radius 2 is 2.00 bits per heavy atom. The van der Waals surface area contributed by atoms with Gasteiger partial charge < -0.3 is 5.32 Å². The molecule has 1 rings (SSSR count). The lowest BCUT2D eigenvalue weighted by molar-refractivity contribution is -0.144. The van der Waals surface area contributed by atoms with Crippen molar-refractivity contribution in [3.05, 3.63) is 18.1 Å². The highest BCUT2D eigenvalue weighted by molar-refractivity contribution is 5.30. The van der Waals surface area contributed by atoms with Crippen LogP contribution in [0.25, 0.3) is 0 Å². The van der Waals surface area contributed by atoms with Crippen LogP contribution in [-0.2, 0) is 6.54 Å². The van der Waals surface area contributed by atoms with E-state index in [2.05, 4.69) is 15.3 Å². The molecule has 7 heteroatoms. The summed E-state index contributed by atoms with van der Waals surface area (Å²) in [5, 5.41) is 3.05. The van der Waals surface area contributed by atoms with Crippen LogP contribution >= 0.6 is 0 Å². The number of anilines is 1. The summed E-state index contributed by atoms with van der Waals surface area (Å²) in [5.41, 5.74) is 0.517. The zero-order valence-corrected chi connectivity index (χ0v) is 10.5. The minimum atomic E-state index is -4.19. The van der Waals surface area contributed by atoms with Crippen LogP contribution in [0, 0.1) is 0 Å². The third-order valence-corrected chi connectivity index (χ3v) is 2.14. The summed E-state index contributed by atoms with van der Waals surface area (Å²) in [6, 6.07) is 0. The molecular formula is C11H17F3N4. The Morgan fingerprint density at radius 1 is 1.28 bits per heavy atom. The molecule has 18 heavy (non-hydrogen) atoms. The number of nitrogens with zero attached hydrogens (tertiary/aromatic N) is 3. The summed E-state index contributed by atoms with van der Waals surface area (Å²) >= 11 is 0. The summed E-state index contributed by atoms with van der Waals surface area (Å²) in [4.78, 5) is 9.31. The van der Waals surface area contributed by atoms with E-state index in [4.69, 9.17) is 0 Å². The Labute approximate surface area is 104 Å². The molecule has 1 aromatic rings. The molecule has 4 nitrogen and oxygen atoms in total. The molecule has 102 valence electrons. The smallest absolute Gasteiger partial charge is 0.369 e. The highest BCUT2D eigenvalue weighted by atomic mass is 19.4. The standard InChI is InChI=1S/C11H17F3N4/c1-3-4-15-10-6-16-9(5-17-10)7-18(2)8-11(12,13)14/h5-6H,3-4,7-8H2,1-2H3,(H,15,17). The van der Waals surface area contributed by atoms with E-state index in [-0.39, 0.29) is 6.54 Å². The van der Waals surface area contributed by atoms with E-state index in [0.29, 0.717) is 11.5 Å². The van der Waals surface area contributed by atoms with Crippen molar-refractivity contribution in [2.45, 2.75) is 26.1 Å². The van der Waals surface area contributed by atoms with Crippen molar-refractivity contribution < 1.29 is 13.2 Å². The fraction of sp³-hybridized carbons (Fsp3) is 0.636. The van der Waals surface area contributed by atoms with Gasteiger partial charge >= 0.3 is 6.18 Å². The summed E-state index contributed by atoms with van der Waals surface area (Å²) in [6.07, 6.45) is -0.195. The van der Waals surface area contributed by atoms with Gasteiger partial charge in [0.05, 0.1) is 24.6 Å². The fourth-order valence-electron chi connectivity index (χ4n) is 1.42. The Balaban J connectivity index is 2.48. The highest BCUT2D eigenvalue weighted by Gasteiger charge is 2.29. The van der Waals surface area contributed by atoms with Crippen molar-refractivity contribution in [2.24, 2.45) is 0 Å². The maximum Gasteiger partial charge on any atom is 0.401 e. The first-order valence-electron chi connectivity index (χ1n) is 5.71. The van der Waals surface area contributed by atoms with Gasteiger partial charge in [-0.05, 0) is 13.5 Å². The second-order valence-corrected chi connectivity index (χ2v) is 4.11. The fourth-order valence-corrected chi connectivity index (χ4v) is 1.42. The van der Waals surface area contributed by atoms with Crippen LogP contribution < -0.4 is 5.32 Å². The lowest BCUT2D eigenvalue weighted by Gasteiger charge is -2.17. The van der Waals surface area contributed by atoms with E-state index in [0.717, 1.165) is 17.9 Å². The van der Waals surface area contributed by atoms with Gasteiger partial charge in [0.1, 0.15) is 5.82 Å². The van der Waals surface area contributed by atoms with Crippen molar-refractivity contribution >= 4 is 5.82 Å². The predicted octanol–water partition coefficient (Wildman–Crippen LogP) is 2.29. The molecule has 0 fully saturated rings. The van der Waals surface area contributed by atoms with Crippen LogP contribution in [0.15, 0.2) is 12.4 Å². The van der Waals surface area contributed by atoms with Crippen LogP contribution in [0.3, 0.4) is 0 Å². The molecular weight excluding hydrogens is 245 g/mol. The maximum atomic E-state index is 12.1. The number of halogens is 3. The third-order valence-electron chi connectivity index (χ3n) is 2.14. The minimum Gasteiger partial charge on any atom is -0.369 e. The van der Waals surface area contributed by atoms with Gasteiger partial charge in [0, 0.05) is 13.1 Å². The predicted molar refractivity (Wildman–Crippen MR) is 63.2 cm³/mol.